The van der Waals surface area contributed by atoms with E-state index in [1.54, 1.807) is 19.2 Å². The van der Waals surface area contributed by atoms with Crippen LogP contribution < -0.4 is 14.2 Å². The van der Waals surface area contributed by atoms with Crippen molar-refractivity contribution < 1.29 is 28.4 Å². The monoisotopic (exact) mass is 257 g/mol. The molecule has 0 N–H and O–H groups in total. The van der Waals surface area contributed by atoms with Crippen molar-refractivity contribution in [2.75, 3.05) is 41.7 Å². The first kappa shape index (κ1) is 14.6. The van der Waals surface area contributed by atoms with E-state index in [1.807, 2.05) is 0 Å². The van der Waals surface area contributed by atoms with Crippen molar-refractivity contribution in [2.45, 2.75) is 0 Å². The van der Waals surface area contributed by atoms with Gasteiger partial charge in [0.05, 0.1) is 0 Å². The fraction of sp³-hybridized carbons (Fsp3) is 0.500. The minimum absolute atomic E-state index is 0.108. The summed E-state index contributed by atoms with van der Waals surface area (Å²) in [7, 11) is 4.61. The zero-order chi connectivity index (χ0) is 13.2. The van der Waals surface area contributed by atoms with Gasteiger partial charge in [-0.15, -0.1) is 0 Å². The minimum atomic E-state index is 0.108. The SMILES string of the molecule is COCOc1[c]cc(OCOC)c(OCOC)c1. The summed E-state index contributed by atoms with van der Waals surface area (Å²) in [5, 5.41) is 0. The highest BCUT2D eigenvalue weighted by Crippen LogP contribution is 2.31. The molecule has 0 heterocycles. The summed E-state index contributed by atoms with van der Waals surface area (Å²) in [5.74, 6) is 1.48. The predicted octanol–water partition coefficient (Wildman–Crippen LogP) is 1.43. The summed E-state index contributed by atoms with van der Waals surface area (Å²) in [5.41, 5.74) is 0. The molecule has 0 saturated carbocycles. The van der Waals surface area contributed by atoms with Crippen LogP contribution in [-0.4, -0.2) is 41.7 Å². The Kier molecular flexibility index (Phi) is 6.93. The van der Waals surface area contributed by atoms with Crippen LogP contribution in [0.1, 0.15) is 0 Å². The molecular weight excluding hydrogens is 240 g/mol. The number of rotatable bonds is 9. The Hall–Kier alpha value is -1.50. The molecule has 0 atom stereocenters. The molecule has 0 aromatic heterocycles. The van der Waals surface area contributed by atoms with E-state index >= 15 is 0 Å². The molecule has 0 unspecified atom stereocenters. The molecule has 0 spiro atoms. The zero-order valence-corrected chi connectivity index (χ0v) is 10.7. The van der Waals surface area contributed by atoms with Gasteiger partial charge in [0.1, 0.15) is 5.75 Å². The fourth-order valence-corrected chi connectivity index (χ4v) is 1.12. The summed E-state index contributed by atoms with van der Waals surface area (Å²) in [6.07, 6.45) is 0. The van der Waals surface area contributed by atoms with Gasteiger partial charge in [-0.1, -0.05) is 0 Å². The van der Waals surface area contributed by atoms with E-state index in [2.05, 4.69) is 6.07 Å². The van der Waals surface area contributed by atoms with Crippen molar-refractivity contribution in [3.63, 3.8) is 0 Å². The molecule has 0 saturated heterocycles. The van der Waals surface area contributed by atoms with Crippen molar-refractivity contribution in [3.05, 3.63) is 18.2 Å². The van der Waals surface area contributed by atoms with Crippen LogP contribution in [0.2, 0.25) is 0 Å². The van der Waals surface area contributed by atoms with Crippen molar-refractivity contribution in [1.29, 1.82) is 0 Å². The Morgan fingerprint density at radius 1 is 0.833 bits per heavy atom. The summed E-state index contributed by atoms with van der Waals surface area (Å²) < 4.78 is 30.4. The molecule has 6 nitrogen and oxygen atoms in total. The lowest BCUT2D eigenvalue weighted by Gasteiger charge is -2.13. The maximum atomic E-state index is 5.36. The molecule has 6 heteroatoms. The van der Waals surface area contributed by atoms with E-state index in [-0.39, 0.29) is 20.4 Å². The van der Waals surface area contributed by atoms with Crippen molar-refractivity contribution in [3.8, 4) is 17.2 Å². The second-order valence-electron chi connectivity index (χ2n) is 3.18. The molecular formula is C12H17O6. The number of ether oxygens (including phenoxy) is 6. The summed E-state index contributed by atoms with van der Waals surface area (Å²) >= 11 is 0. The van der Waals surface area contributed by atoms with Gasteiger partial charge in [-0.3, -0.25) is 0 Å². The molecule has 0 amide bonds. The highest BCUT2D eigenvalue weighted by Gasteiger charge is 2.08. The van der Waals surface area contributed by atoms with Crippen molar-refractivity contribution >= 4 is 0 Å². The summed E-state index contributed by atoms with van der Waals surface area (Å²) in [6, 6.07) is 6.14. The molecule has 1 radical (unpaired) electrons. The van der Waals surface area contributed by atoms with Crippen LogP contribution in [0.5, 0.6) is 17.2 Å². The van der Waals surface area contributed by atoms with Gasteiger partial charge in [0.15, 0.2) is 31.9 Å². The molecule has 18 heavy (non-hydrogen) atoms. The van der Waals surface area contributed by atoms with Crippen molar-refractivity contribution in [1.82, 2.24) is 0 Å². The standard InChI is InChI=1S/C12H17O6/c1-13-7-16-10-4-5-11(17-8-14-2)12(6-10)18-9-15-3/h5-6H,7-9H2,1-3H3. The van der Waals surface area contributed by atoms with E-state index in [0.717, 1.165) is 0 Å². The van der Waals surface area contributed by atoms with Gasteiger partial charge in [-0.2, -0.15) is 0 Å². The van der Waals surface area contributed by atoms with E-state index in [9.17, 15) is 0 Å². The van der Waals surface area contributed by atoms with E-state index in [4.69, 9.17) is 28.4 Å². The van der Waals surface area contributed by atoms with Crippen LogP contribution in [-0.2, 0) is 14.2 Å². The Bertz CT molecular complexity index is 341. The topological polar surface area (TPSA) is 55.4 Å². The van der Waals surface area contributed by atoms with Gasteiger partial charge in [0, 0.05) is 33.5 Å². The van der Waals surface area contributed by atoms with Crippen LogP contribution in [0.25, 0.3) is 0 Å². The first-order valence-corrected chi connectivity index (χ1v) is 5.22. The van der Waals surface area contributed by atoms with Gasteiger partial charge < -0.3 is 28.4 Å². The average molecular weight is 257 g/mol. The third-order valence-electron chi connectivity index (χ3n) is 1.85. The normalized spacial score (nSPS) is 10.2. The maximum Gasteiger partial charge on any atom is 0.188 e. The van der Waals surface area contributed by atoms with Gasteiger partial charge in [-0.05, 0) is 6.07 Å². The summed E-state index contributed by atoms with van der Waals surface area (Å²) in [4.78, 5) is 0. The molecule has 0 aliphatic heterocycles. The number of benzene rings is 1. The van der Waals surface area contributed by atoms with Gasteiger partial charge in [0.2, 0.25) is 0 Å². The predicted molar refractivity (Wildman–Crippen MR) is 62.8 cm³/mol. The zero-order valence-electron chi connectivity index (χ0n) is 10.7. The largest absolute Gasteiger partial charge is 0.467 e. The van der Waals surface area contributed by atoms with E-state index in [1.165, 1.54) is 14.2 Å². The van der Waals surface area contributed by atoms with Gasteiger partial charge in [0.25, 0.3) is 0 Å². The van der Waals surface area contributed by atoms with Gasteiger partial charge in [-0.25, -0.2) is 0 Å². The molecule has 0 aliphatic rings. The number of methoxy groups -OCH3 is 3. The Morgan fingerprint density at radius 3 is 2.00 bits per heavy atom. The Labute approximate surface area is 106 Å². The van der Waals surface area contributed by atoms with Crippen LogP contribution in [0.3, 0.4) is 0 Å². The fourth-order valence-electron chi connectivity index (χ4n) is 1.12. The quantitative estimate of drug-likeness (QED) is 0.624. The average Bonchev–Trinajstić information content (AvgIpc) is 2.41. The lowest BCUT2D eigenvalue weighted by molar-refractivity contribution is 0.0307. The Morgan fingerprint density at radius 2 is 1.39 bits per heavy atom. The van der Waals surface area contributed by atoms with Crippen LogP contribution in [0.15, 0.2) is 12.1 Å². The highest BCUT2D eigenvalue weighted by atomic mass is 16.7. The second kappa shape index (κ2) is 8.57. The first-order valence-electron chi connectivity index (χ1n) is 5.22. The van der Waals surface area contributed by atoms with Crippen LogP contribution >= 0.6 is 0 Å². The molecule has 0 aliphatic carbocycles. The lowest BCUT2D eigenvalue weighted by atomic mass is 10.3. The number of hydrogen-bond acceptors (Lipinski definition) is 6. The van der Waals surface area contributed by atoms with Crippen LogP contribution in [0.4, 0.5) is 0 Å². The molecule has 101 valence electrons. The number of hydrogen-bond donors (Lipinski definition) is 0. The van der Waals surface area contributed by atoms with E-state index < -0.39 is 0 Å². The van der Waals surface area contributed by atoms with Crippen LogP contribution in [0, 0.1) is 6.07 Å². The third-order valence-corrected chi connectivity index (χ3v) is 1.85. The molecule has 0 fully saturated rings. The second-order valence-corrected chi connectivity index (χ2v) is 3.18. The Balaban J connectivity index is 2.74. The molecule has 1 rings (SSSR count). The maximum absolute atomic E-state index is 5.36. The molecule has 1 aromatic carbocycles. The smallest absolute Gasteiger partial charge is 0.188 e. The minimum Gasteiger partial charge on any atom is -0.467 e. The van der Waals surface area contributed by atoms with Crippen molar-refractivity contribution in [2.24, 2.45) is 0 Å². The molecule has 1 aromatic rings. The van der Waals surface area contributed by atoms with Gasteiger partial charge >= 0.3 is 0 Å². The first-order chi connectivity index (χ1) is 8.81. The summed E-state index contributed by atoms with van der Waals surface area (Å²) in [6.45, 7) is 0.366. The van der Waals surface area contributed by atoms with E-state index in [0.29, 0.717) is 17.2 Å². The molecule has 0 bridgehead atoms. The highest BCUT2D eigenvalue weighted by molar-refractivity contribution is 5.44. The third kappa shape index (κ3) is 4.79. The lowest BCUT2D eigenvalue weighted by Crippen LogP contribution is -2.05.